The van der Waals surface area contributed by atoms with Crippen molar-refractivity contribution in [3.8, 4) is 5.75 Å². The van der Waals surface area contributed by atoms with Crippen molar-refractivity contribution in [1.82, 2.24) is 5.32 Å². The summed E-state index contributed by atoms with van der Waals surface area (Å²) in [6.45, 7) is 2.86. The highest BCUT2D eigenvalue weighted by molar-refractivity contribution is 7.99. The van der Waals surface area contributed by atoms with Crippen molar-refractivity contribution in [2.24, 2.45) is 0 Å². The van der Waals surface area contributed by atoms with Crippen molar-refractivity contribution < 1.29 is 4.74 Å². The van der Waals surface area contributed by atoms with Crippen molar-refractivity contribution in [2.45, 2.75) is 17.9 Å². The third kappa shape index (κ3) is 4.58. The molecule has 0 heterocycles. The Labute approximate surface area is 125 Å². The first kappa shape index (κ1) is 14.9. The standard InChI is InChI=1S/C17H21NOS/c1-14(18-2)15-7-6-8-16(13-15)19-11-12-20-17-9-4-3-5-10-17/h3-10,13-14,18H,11-12H2,1-2H3. The van der Waals surface area contributed by atoms with Crippen LogP contribution < -0.4 is 10.1 Å². The van der Waals surface area contributed by atoms with E-state index >= 15 is 0 Å². The van der Waals surface area contributed by atoms with Crippen LogP contribution in [0.3, 0.4) is 0 Å². The van der Waals surface area contributed by atoms with Gasteiger partial charge in [0.05, 0.1) is 6.61 Å². The Kier molecular flexibility index (Phi) is 5.96. The fourth-order valence-electron chi connectivity index (χ4n) is 1.88. The molecule has 3 heteroatoms. The molecule has 0 aliphatic rings. The lowest BCUT2D eigenvalue weighted by atomic mass is 10.1. The molecule has 1 unspecified atom stereocenters. The molecular weight excluding hydrogens is 266 g/mol. The van der Waals surface area contributed by atoms with Crippen molar-refractivity contribution in [3.63, 3.8) is 0 Å². The zero-order valence-corrected chi connectivity index (χ0v) is 12.8. The average molecular weight is 287 g/mol. The van der Waals surface area contributed by atoms with E-state index in [9.17, 15) is 0 Å². The predicted molar refractivity (Wildman–Crippen MR) is 86.6 cm³/mol. The van der Waals surface area contributed by atoms with E-state index in [0.29, 0.717) is 6.04 Å². The lowest BCUT2D eigenvalue weighted by Crippen LogP contribution is -2.12. The van der Waals surface area contributed by atoms with Crippen LogP contribution in [0.25, 0.3) is 0 Å². The van der Waals surface area contributed by atoms with Gasteiger partial charge in [-0.3, -0.25) is 0 Å². The summed E-state index contributed by atoms with van der Waals surface area (Å²) in [5, 5.41) is 3.24. The van der Waals surface area contributed by atoms with Crippen molar-refractivity contribution in [3.05, 3.63) is 60.2 Å². The Bertz CT molecular complexity index is 515. The van der Waals surface area contributed by atoms with E-state index in [4.69, 9.17) is 4.74 Å². The third-order valence-corrected chi connectivity index (χ3v) is 4.13. The maximum atomic E-state index is 5.81. The van der Waals surface area contributed by atoms with Crippen LogP contribution in [0, 0.1) is 0 Å². The van der Waals surface area contributed by atoms with Crippen LogP contribution >= 0.6 is 11.8 Å². The molecule has 20 heavy (non-hydrogen) atoms. The summed E-state index contributed by atoms with van der Waals surface area (Å²) >= 11 is 1.82. The molecule has 0 radical (unpaired) electrons. The highest BCUT2D eigenvalue weighted by Gasteiger charge is 2.03. The molecule has 2 aromatic rings. The SMILES string of the molecule is CNC(C)c1cccc(OCCSc2ccccc2)c1. The molecule has 0 bridgehead atoms. The number of hydrogen-bond acceptors (Lipinski definition) is 3. The van der Waals surface area contributed by atoms with E-state index in [1.54, 1.807) is 0 Å². The molecular formula is C17H21NOS. The van der Waals surface area contributed by atoms with Gasteiger partial charge in [0.25, 0.3) is 0 Å². The number of nitrogens with one attached hydrogen (secondary N) is 1. The second-order valence-electron chi connectivity index (χ2n) is 4.59. The van der Waals surface area contributed by atoms with Crippen molar-refractivity contribution in [1.29, 1.82) is 0 Å². The number of benzene rings is 2. The van der Waals surface area contributed by atoms with Gasteiger partial charge < -0.3 is 10.1 Å². The molecule has 1 atom stereocenters. The molecule has 1 N–H and O–H groups in total. The van der Waals surface area contributed by atoms with Crippen molar-refractivity contribution >= 4 is 11.8 Å². The minimum Gasteiger partial charge on any atom is -0.493 e. The van der Waals surface area contributed by atoms with Gasteiger partial charge in [0, 0.05) is 16.7 Å². The van der Waals surface area contributed by atoms with Crippen molar-refractivity contribution in [2.75, 3.05) is 19.4 Å². The maximum Gasteiger partial charge on any atom is 0.119 e. The number of hydrogen-bond donors (Lipinski definition) is 1. The Morgan fingerprint density at radius 3 is 2.65 bits per heavy atom. The zero-order valence-electron chi connectivity index (χ0n) is 12.0. The molecule has 2 nitrogen and oxygen atoms in total. The quantitative estimate of drug-likeness (QED) is 0.611. The smallest absolute Gasteiger partial charge is 0.119 e. The summed E-state index contributed by atoms with van der Waals surface area (Å²) in [6.07, 6.45) is 0. The molecule has 2 rings (SSSR count). The van der Waals surface area contributed by atoms with Gasteiger partial charge in [-0.15, -0.1) is 11.8 Å². The van der Waals surface area contributed by atoms with Crippen LogP contribution in [0.1, 0.15) is 18.5 Å². The summed E-state index contributed by atoms with van der Waals surface area (Å²) in [4.78, 5) is 1.29. The highest BCUT2D eigenvalue weighted by Crippen LogP contribution is 2.20. The van der Waals surface area contributed by atoms with Gasteiger partial charge >= 0.3 is 0 Å². The van der Waals surface area contributed by atoms with E-state index in [0.717, 1.165) is 18.1 Å². The van der Waals surface area contributed by atoms with Gasteiger partial charge in [-0.25, -0.2) is 0 Å². The topological polar surface area (TPSA) is 21.3 Å². The monoisotopic (exact) mass is 287 g/mol. The highest BCUT2D eigenvalue weighted by atomic mass is 32.2. The first-order valence-corrected chi connectivity index (χ1v) is 7.86. The normalized spacial score (nSPS) is 12.1. The van der Waals surface area contributed by atoms with Gasteiger partial charge in [-0.2, -0.15) is 0 Å². The lowest BCUT2D eigenvalue weighted by Gasteiger charge is -2.12. The molecule has 2 aromatic carbocycles. The van der Waals surface area contributed by atoms with Gasteiger partial charge in [0.15, 0.2) is 0 Å². The minimum absolute atomic E-state index is 0.345. The molecule has 106 valence electrons. The summed E-state index contributed by atoms with van der Waals surface area (Å²) in [5.41, 5.74) is 1.25. The van der Waals surface area contributed by atoms with Gasteiger partial charge in [0.2, 0.25) is 0 Å². The molecule has 0 saturated heterocycles. The minimum atomic E-state index is 0.345. The predicted octanol–water partition coefficient (Wildman–Crippen LogP) is 4.14. The van der Waals surface area contributed by atoms with Gasteiger partial charge in [-0.05, 0) is 43.8 Å². The molecule has 0 aliphatic carbocycles. The van der Waals surface area contributed by atoms with E-state index < -0.39 is 0 Å². The summed E-state index contributed by atoms with van der Waals surface area (Å²) in [6, 6.07) is 19.0. The number of ether oxygens (including phenoxy) is 1. The number of rotatable bonds is 7. The molecule has 0 spiro atoms. The van der Waals surface area contributed by atoms with Crippen LogP contribution in [-0.4, -0.2) is 19.4 Å². The Balaban J connectivity index is 1.79. The van der Waals surface area contributed by atoms with Crippen LogP contribution in [0.15, 0.2) is 59.5 Å². The molecule has 0 saturated carbocycles. The lowest BCUT2D eigenvalue weighted by molar-refractivity contribution is 0.343. The number of thioether (sulfide) groups is 1. The Hall–Kier alpha value is -1.45. The first-order valence-electron chi connectivity index (χ1n) is 6.87. The van der Waals surface area contributed by atoms with Crippen LogP contribution in [0.2, 0.25) is 0 Å². The summed E-state index contributed by atoms with van der Waals surface area (Å²) < 4.78 is 5.81. The van der Waals surface area contributed by atoms with Crippen LogP contribution in [0.4, 0.5) is 0 Å². The first-order chi connectivity index (χ1) is 9.79. The molecule has 0 fully saturated rings. The fraction of sp³-hybridized carbons (Fsp3) is 0.294. The fourth-order valence-corrected chi connectivity index (χ4v) is 2.63. The third-order valence-electron chi connectivity index (χ3n) is 3.16. The average Bonchev–Trinajstić information content (AvgIpc) is 2.52. The second-order valence-corrected chi connectivity index (χ2v) is 5.76. The summed E-state index contributed by atoms with van der Waals surface area (Å²) in [5.74, 6) is 1.90. The van der Waals surface area contributed by atoms with E-state index in [1.165, 1.54) is 10.5 Å². The molecule has 0 amide bonds. The van der Waals surface area contributed by atoms with Gasteiger partial charge in [-0.1, -0.05) is 30.3 Å². The second kappa shape index (κ2) is 7.98. The Morgan fingerprint density at radius 2 is 1.90 bits per heavy atom. The van der Waals surface area contributed by atoms with Crippen LogP contribution in [-0.2, 0) is 0 Å². The molecule has 0 aliphatic heterocycles. The largest absolute Gasteiger partial charge is 0.493 e. The van der Waals surface area contributed by atoms with Crippen LogP contribution in [0.5, 0.6) is 5.75 Å². The zero-order chi connectivity index (χ0) is 14.2. The van der Waals surface area contributed by atoms with Gasteiger partial charge in [0.1, 0.15) is 5.75 Å². The summed E-state index contributed by atoms with van der Waals surface area (Å²) in [7, 11) is 1.97. The van der Waals surface area contributed by atoms with E-state index in [-0.39, 0.29) is 0 Å². The maximum absolute atomic E-state index is 5.81. The Morgan fingerprint density at radius 1 is 1.10 bits per heavy atom. The van der Waals surface area contributed by atoms with E-state index in [1.807, 2.05) is 37.0 Å². The van der Waals surface area contributed by atoms with E-state index in [2.05, 4.69) is 48.6 Å². The molecule has 0 aromatic heterocycles.